The van der Waals surface area contributed by atoms with Crippen molar-refractivity contribution in [2.24, 2.45) is 5.41 Å². The zero-order valence-corrected chi connectivity index (χ0v) is 8.77. The molecule has 0 unspecified atom stereocenters. The van der Waals surface area contributed by atoms with Gasteiger partial charge in [-0.3, -0.25) is 0 Å². The van der Waals surface area contributed by atoms with Crippen LogP contribution < -0.4 is 0 Å². The second kappa shape index (κ2) is 3.25. The predicted molar refractivity (Wildman–Crippen MR) is 51.5 cm³/mol. The molecule has 2 nitrogen and oxygen atoms in total. The standard InChI is InChI=1S/C11H20O2/c1-3-10(2)4-6-11(7-5-10)12-8-9-13-11/h3-9H2,1-2H3. The molecule has 0 aromatic heterocycles. The molecule has 2 aliphatic rings. The molecule has 1 saturated carbocycles. The second-order valence-corrected chi connectivity index (χ2v) is 4.77. The van der Waals surface area contributed by atoms with Crippen molar-refractivity contribution in [2.45, 2.75) is 51.7 Å². The summed E-state index contributed by atoms with van der Waals surface area (Å²) >= 11 is 0. The smallest absolute Gasteiger partial charge is 0.168 e. The van der Waals surface area contributed by atoms with Crippen LogP contribution in [0.25, 0.3) is 0 Å². The quantitative estimate of drug-likeness (QED) is 0.624. The molecule has 0 N–H and O–H groups in total. The first-order valence-corrected chi connectivity index (χ1v) is 5.46. The lowest BCUT2D eigenvalue weighted by Crippen LogP contribution is -2.38. The highest BCUT2D eigenvalue weighted by molar-refractivity contribution is 4.87. The van der Waals surface area contributed by atoms with Crippen molar-refractivity contribution < 1.29 is 9.47 Å². The van der Waals surface area contributed by atoms with E-state index in [1.807, 2.05) is 0 Å². The SMILES string of the molecule is CCC1(C)CCC2(CC1)OCCO2. The summed E-state index contributed by atoms with van der Waals surface area (Å²) in [6.45, 7) is 6.26. The minimum Gasteiger partial charge on any atom is -0.348 e. The first-order chi connectivity index (χ1) is 6.18. The molecule has 1 aliphatic heterocycles. The van der Waals surface area contributed by atoms with Crippen molar-refractivity contribution in [3.63, 3.8) is 0 Å². The molecule has 1 spiro atoms. The van der Waals surface area contributed by atoms with Gasteiger partial charge in [0.25, 0.3) is 0 Å². The molecule has 0 aromatic carbocycles. The van der Waals surface area contributed by atoms with Crippen LogP contribution in [-0.2, 0) is 9.47 Å². The Balaban J connectivity index is 1.95. The Kier molecular flexibility index (Phi) is 2.37. The summed E-state index contributed by atoms with van der Waals surface area (Å²) < 4.78 is 11.4. The lowest BCUT2D eigenvalue weighted by Gasteiger charge is -2.41. The van der Waals surface area contributed by atoms with Crippen LogP contribution in [0.2, 0.25) is 0 Å². The average molecular weight is 184 g/mol. The maximum atomic E-state index is 5.70. The number of ether oxygens (including phenoxy) is 2. The normalized spacial score (nSPS) is 30.9. The van der Waals surface area contributed by atoms with Gasteiger partial charge in [0, 0.05) is 12.8 Å². The molecular weight excluding hydrogens is 164 g/mol. The first-order valence-electron chi connectivity index (χ1n) is 5.46. The Morgan fingerprint density at radius 3 is 2.00 bits per heavy atom. The van der Waals surface area contributed by atoms with E-state index in [0.717, 1.165) is 26.1 Å². The van der Waals surface area contributed by atoms with Gasteiger partial charge in [-0.15, -0.1) is 0 Å². The lowest BCUT2D eigenvalue weighted by atomic mass is 9.72. The zero-order valence-electron chi connectivity index (χ0n) is 8.77. The second-order valence-electron chi connectivity index (χ2n) is 4.77. The van der Waals surface area contributed by atoms with Crippen molar-refractivity contribution >= 4 is 0 Å². The Labute approximate surface area is 80.6 Å². The summed E-state index contributed by atoms with van der Waals surface area (Å²) in [4.78, 5) is 0. The van der Waals surface area contributed by atoms with E-state index < -0.39 is 0 Å². The van der Waals surface area contributed by atoms with Crippen molar-refractivity contribution in [1.82, 2.24) is 0 Å². The maximum Gasteiger partial charge on any atom is 0.168 e. The predicted octanol–water partition coefficient (Wildman–Crippen LogP) is 2.72. The number of hydrogen-bond donors (Lipinski definition) is 0. The Morgan fingerprint density at radius 1 is 1.00 bits per heavy atom. The third kappa shape index (κ3) is 1.75. The monoisotopic (exact) mass is 184 g/mol. The Morgan fingerprint density at radius 2 is 1.54 bits per heavy atom. The molecule has 76 valence electrons. The summed E-state index contributed by atoms with van der Waals surface area (Å²) in [5.41, 5.74) is 0.542. The largest absolute Gasteiger partial charge is 0.348 e. The van der Waals surface area contributed by atoms with E-state index in [1.54, 1.807) is 0 Å². The molecule has 2 fully saturated rings. The summed E-state index contributed by atoms with van der Waals surface area (Å²) in [5, 5.41) is 0. The summed E-state index contributed by atoms with van der Waals surface area (Å²) in [5.74, 6) is -0.172. The van der Waals surface area contributed by atoms with E-state index in [9.17, 15) is 0 Å². The van der Waals surface area contributed by atoms with Gasteiger partial charge in [-0.2, -0.15) is 0 Å². The van der Waals surface area contributed by atoms with Crippen LogP contribution in [0.4, 0.5) is 0 Å². The molecular formula is C11H20O2. The molecule has 0 radical (unpaired) electrons. The summed E-state index contributed by atoms with van der Waals surface area (Å²) in [6, 6.07) is 0. The van der Waals surface area contributed by atoms with Gasteiger partial charge in [0.15, 0.2) is 5.79 Å². The van der Waals surface area contributed by atoms with E-state index >= 15 is 0 Å². The Hall–Kier alpha value is -0.0800. The maximum absolute atomic E-state index is 5.70. The van der Waals surface area contributed by atoms with Crippen LogP contribution in [0.15, 0.2) is 0 Å². The van der Waals surface area contributed by atoms with Crippen LogP contribution >= 0.6 is 0 Å². The van der Waals surface area contributed by atoms with E-state index in [4.69, 9.17) is 9.47 Å². The highest BCUT2D eigenvalue weighted by Gasteiger charge is 2.43. The van der Waals surface area contributed by atoms with Gasteiger partial charge in [-0.25, -0.2) is 0 Å². The third-order valence-corrected chi connectivity index (χ3v) is 3.89. The number of rotatable bonds is 1. The minimum absolute atomic E-state index is 0.172. The van der Waals surface area contributed by atoms with Gasteiger partial charge < -0.3 is 9.47 Å². The van der Waals surface area contributed by atoms with Crippen LogP contribution in [0.5, 0.6) is 0 Å². The number of hydrogen-bond acceptors (Lipinski definition) is 2. The van der Waals surface area contributed by atoms with Crippen molar-refractivity contribution in [2.75, 3.05) is 13.2 Å². The summed E-state index contributed by atoms with van der Waals surface area (Å²) in [6.07, 6.45) is 5.98. The molecule has 2 heteroatoms. The van der Waals surface area contributed by atoms with Gasteiger partial charge in [0.2, 0.25) is 0 Å². The van der Waals surface area contributed by atoms with E-state index in [-0.39, 0.29) is 5.79 Å². The fourth-order valence-electron chi connectivity index (χ4n) is 2.37. The van der Waals surface area contributed by atoms with E-state index in [0.29, 0.717) is 5.41 Å². The molecule has 0 atom stereocenters. The highest BCUT2D eigenvalue weighted by Crippen LogP contribution is 2.45. The van der Waals surface area contributed by atoms with Crippen molar-refractivity contribution in [3.8, 4) is 0 Å². The minimum atomic E-state index is -0.172. The molecule has 1 saturated heterocycles. The van der Waals surface area contributed by atoms with Crippen LogP contribution in [-0.4, -0.2) is 19.0 Å². The topological polar surface area (TPSA) is 18.5 Å². The fraction of sp³-hybridized carbons (Fsp3) is 1.00. The molecule has 2 rings (SSSR count). The van der Waals surface area contributed by atoms with Crippen LogP contribution in [0.3, 0.4) is 0 Å². The summed E-state index contributed by atoms with van der Waals surface area (Å²) in [7, 11) is 0. The van der Waals surface area contributed by atoms with Gasteiger partial charge in [0.1, 0.15) is 0 Å². The lowest BCUT2D eigenvalue weighted by molar-refractivity contribution is -0.190. The van der Waals surface area contributed by atoms with Gasteiger partial charge in [-0.05, 0) is 18.3 Å². The third-order valence-electron chi connectivity index (χ3n) is 3.89. The molecule has 0 bridgehead atoms. The van der Waals surface area contributed by atoms with Gasteiger partial charge in [0.05, 0.1) is 13.2 Å². The molecule has 1 heterocycles. The van der Waals surface area contributed by atoms with E-state index in [1.165, 1.54) is 19.3 Å². The molecule has 0 amide bonds. The zero-order chi connectivity index (χ0) is 9.36. The van der Waals surface area contributed by atoms with Crippen molar-refractivity contribution in [1.29, 1.82) is 0 Å². The first kappa shape index (κ1) is 9.47. The fourth-order valence-corrected chi connectivity index (χ4v) is 2.37. The van der Waals surface area contributed by atoms with Gasteiger partial charge >= 0.3 is 0 Å². The van der Waals surface area contributed by atoms with E-state index in [2.05, 4.69) is 13.8 Å². The van der Waals surface area contributed by atoms with Crippen LogP contribution in [0, 0.1) is 5.41 Å². The average Bonchev–Trinajstić information content (AvgIpc) is 2.61. The molecule has 0 aromatic rings. The van der Waals surface area contributed by atoms with Crippen LogP contribution in [0.1, 0.15) is 46.0 Å². The highest BCUT2D eigenvalue weighted by atomic mass is 16.7. The molecule has 1 aliphatic carbocycles. The van der Waals surface area contributed by atoms with Gasteiger partial charge in [-0.1, -0.05) is 20.3 Å². The van der Waals surface area contributed by atoms with Crippen molar-refractivity contribution in [3.05, 3.63) is 0 Å². The molecule has 13 heavy (non-hydrogen) atoms. The Bertz CT molecular complexity index is 173.